The van der Waals surface area contributed by atoms with Gasteiger partial charge in [-0.1, -0.05) is 40.2 Å². The molecule has 0 radical (unpaired) electrons. The molecule has 1 N–H and O–H groups in total. The van der Waals surface area contributed by atoms with Crippen LogP contribution in [0.1, 0.15) is 11.1 Å². The van der Waals surface area contributed by atoms with Crippen LogP contribution in [0.3, 0.4) is 0 Å². The Morgan fingerprint density at radius 2 is 1.76 bits per heavy atom. The molecule has 0 saturated heterocycles. The third-order valence-corrected chi connectivity index (χ3v) is 3.33. The fraction of sp³-hybridized carbons (Fsp3) is 0. The van der Waals surface area contributed by atoms with Crippen LogP contribution in [0, 0.1) is 10.1 Å². The number of hydrogen-bond donors (Lipinski definition) is 1. The molecule has 0 spiro atoms. The van der Waals surface area contributed by atoms with Crippen molar-refractivity contribution in [1.82, 2.24) is 0 Å². The third kappa shape index (κ3) is 3.55. The number of carboxylic acids is 1. The zero-order chi connectivity index (χ0) is 15.4. The highest BCUT2D eigenvalue weighted by molar-refractivity contribution is 9.10. The first-order valence-electron chi connectivity index (χ1n) is 5.93. The lowest BCUT2D eigenvalue weighted by Gasteiger charge is -2.04. The minimum absolute atomic E-state index is 0.0814. The zero-order valence-corrected chi connectivity index (χ0v) is 12.3. The molecule has 0 heterocycles. The number of halogens is 1. The van der Waals surface area contributed by atoms with Crippen LogP contribution in [0.4, 0.5) is 5.69 Å². The number of carboxylic acid groups (broad SMARTS) is 1. The molecule has 6 heteroatoms. The molecule has 0 bridgehead atoms. The summed E-state index contributed by atoms with van der Waals surface area (Å²) >= 11 is 3.29. The smallest absolute Gasteiger partial charge is 0.336 e. The quantitative estimate of drug-likeness (QED) is 0.392. The monoisotopic (exact) mass is 347 g/mol. The number of rotatable bonds is 4. The molecule has 0 aromatic heterocycles. The Balaban J connectivity index is 2.57. The molecule has 0 amide bonds. The second-order valence-corrected chi connectivity index (χ2v) is 5.10. The Bertz CT molecular complexity index is 723. The molecular formula is C15H10BrNO4. The predicted molar refractivity (Wildman–Crippen MR) is 82.7 cm³/mol. The van der Waals surface area contributed by atoms with E-state index in [2.05, 4.69) is 15.9 Å². The second-order valence-electron chi connectivity index (χ2n) is 4.19. The van der Waals surface area contributed by atoms with Gasteiger partial charge in [-0.05, 0) is 29.8 Å². The molecule has 0 unspecified atom stereocenters. The Labute approximate surface area is 128 Å². The lowest BCUT2D eigenvalue weighted by molar-refractivity contribution is -0.385. The van der Waals surface area contributed by atoms with Gasteiger partial charge in [0, 0.05) is 10.5 Å². The summed E-state index contributed by atoms with van der Waals surface area (Å²) in [5.74, 6) is -1.22. The molecule has 2 aromatic rings. The molecular weight excluding hydrogens is 338 g/mol. The van der Waals surface area contributed by atoms with Gasteiger partial charge in [0.25, 0.3) is 5.69 Å². The first-order valence-corrected chi connectivity index (χ1v) is 6.72. The minimum atomic E-state index is -1.22. The van der Waals surface area contributed by atoms with Crippen molar-refractivity contribution >= 4 is 39.2 Å². The molecule has 0 atom stereocenters. The molecule has 0 saturated carbocycles. The fourth-order valence-corrected chi connectivity index (χ4v) is 2.11. The topological polar surface area (TPSA) is 80.4 Å². The minimum Gasteiger partial charge on any atom is -0.478 e. The van der Waals surface area contributed by atoms with Crippen LogP contribution in [0.15, 0.2) is 53.0 Å². The summed E-state index contributed by atoms with van der Waals surface area (Å²) in [4.78, 5) is 21.9. The maximum atomic E-state index is 11.4. The lowest BCUT2D eigenvalue weighted by Crippen LogP contribution is -2.03. The summed E-state index contributed by atoms with van der Waals surface area (Å²) in [5.41, 5.74) is 0.375. The molecule has 21 heavy (non-hydrogen) atoms. The molecule has 2 rings (SSSR count). The van der Waals surface area contributed by atoms with Crippen LogP contribution in [0.5, 0.6) is 0 Å². The number of hydrogen-bond acceptors (Lipinski definition) is 3. The van der Waals surface area contributed by atoms with Crippen LogP contribution >= 0.6 is 15.9 Å². The van der Waals surface area contributed by atoms with E-state index >= 15 is 0 Å². The molecule has 0 aliphatic rings. The van der Waals surface area contributed by atoms with Gasteiger partial charge in [0.1, 0.15) is 0 Å². The van der Waals surface area contributed by atoms with Crippen LogP contribution < -0.4 is 0 Å². The number of benzene rings is 2. The molecule has 0 aliphatic carbocycles. The van der Waals surface area contributed by atoms with Gasteiger partial charge < -0.3 is 5.11 Å². The van der Waals surface area contributed by atoms with Gasteiger partial charge in [0.15, 0.2) is 0 Å². The Hall–Kier alpha value is -2.47. The molecule has 0 aliphatic heterocycles. The van der Waals surface area contributed by atoms with Crippen LogP contribution in [-0.2, 0) is 4.79 Å². The van der Waals surface area contributed by atoms with E-state index in [1.54, 1.807) is 30.3 Å². The average molecular weight is 348 g/mol. The van der Waals surface area contributed by atoms with Crippen LogP contribution in [-0.4, -0.2) is 16.0 Å². The highest BCUT2D eigenvalue weighted by atomic mass is 79.9. The van der Waals surface area contributed by atoms with Crippen molar-refractivity contribution < 1.29 is 14.8 Å². The summed E-state index contributed by atoms with van der Waals surface area (Å²) in [7, 11) is 0. The summed E-state index contributed by atoms with van der Waals surface area (Å²) in [6.07, 6.45) is 1.41. The van der Waals surface area contributed by atoms with Crippen molar-refractivity contribution in [3.63, 3.8) is 0 Å². The van der Waals surface area contributed by atoms with E-state index in [0.717, 1.165) is 4.47 Å². The van der Waals surface area contributed by atoms with Gasteiger partial charge in [-0.2, -0.15) is 0 Å². The van der Waals surface area contributed by atoms with Crippen LogP contribution in [0.25, 0.3) is 11.6 Å². The van der Waals surface area contributed by atoms with Gasteiger partial charge in [-0.25, -0.2) is 4.79 Å². The van der Waals surface area contributed by atoms with Gasteiger partial charge in [-0.3, -0.25) is 10.1 Å². The Kier molecular flexibility index (Phi) is 4.49. The number of nitrogens with zero attached hydrogens (tertiary/aromatic N) is 1. The summed E-state index contributed by atoms with van der Waals surface area (Å²) in [6, 6.07) is 12.8. The van der Waals surface area contributed by atoms with Crippen molar-refractivity contribution in [2.45, 2.75) is 0 Å². The number of nitro benzene ring substituents is 1. The fourth-order valence-electron chi connectivity index (χ4n) is 1.84. The average Bonchev–Trinajstić information content (AvgIpc) is 2.46. The van der Waals surface area contributed by atoms with Crippen molar-refractivity contribution in [2.75, 3.05) is 0 Å². The lowest BCUT2D eigenvalue weighted by atomic mass is 10.0. The van der Waals surface area contributed by atoms with Gasteiger partial charge >= 0.3 is 5.97 Å². The normalized spacial score (nSPS) is 11.2. The highest BCUT2D eigenvalue weighted by Crippen LogP contribution is 2.28. The number of para-hydroxylation sites is 1. The number of carbonyl (C=O) groups is 1. The second kappa shape index (κ2) is 6.32. The molecule has 5 nitrogen and oxygen atoms in total. The number of aliphatic carboxylic acids is 1. The first-order chi connectivity index (χ1) is 9.99. The van der Waals surface area contributed by atoms with Crippen LogP contribution in [0.2, 0.25) is 0 Å². The van der Waals surface area contributed by atoms with E-state index in [9.17, 15) is 20.0 Å². The summed E-state index contributed by atoms with van der Waals surface area (Å²) < 4.78 is 0.863. The Morgan fingerprint density at radius 1 is 1.14 bits per heavy atom. The molecule has 2 aromatic carbocycles. The largest absolute Gasteiger partial charge is 0.478 e. The van der Waals surface area contributed by atoms with Crippen molar-refractivity contribution in [3.05, 3.63) is 74.2 Å². The van der Waals surface area contributed by atoms with Gasteiger partial charge in [0.05, 0.1) is 16.1 Å². The van der Waals surface area contributed by atoms with E-state index in [4.69, 9.17) is 0 Å². The maximum Gasteiger partial charge on any atom is 0.336 e. The van der Waals surface area contributed by atoms with Crippen molar-refractivity contribution in [1.29, 1.82) is 0 Å². The number of nitro groups is 1. The SMILES string of the molecule is O=C(O)C(=Cc1ccc(Br)cc1)c1ccccc1[N+](=O)[O-]. The van der Waals surface area contributed by atoms with E-state index in [1.807, 2.05) is 0 Å². The summed E-state index contributed by atoms with van der Waals surface area (Å²) in [6.45, 7) is 0. The highest BCUT2D eigenvalue weighted by Gasteiger charge is 2.20. The third-order valence-electron chi connectivity index (χ3n) is 2.80. The van der Waals surface area contributed by atoms with Gasteiger partial charge in [0.2, 0.25) is 0 Å². The van der Waals surface area contributed by atoms with E-state index in [0.29, 0.717) is 5.56 Å². The van der Waals surface area contributed by atoms with E-state index in [1.165, 1.54) is 24.3 Å². The summed E-state index contributed by atoms with van der Waals surface area (Å²) in [5, 5.41) is 20.4. The van der Waals surface area contributed by atoms with Crippen molar-refractivity contribution in [2.24, 2.45) is 0 Å². The zero-order valence-electron chi connectivity index (χ0n) is 10.7. The van der Waals surface area contributed by atoms with Crippen molar-refractivity contribution in [3.8, 4) is 0 Å². The first kappa shape index (κ1) is 14.9. The molecule has 106 valence electrons. The Morgan fingerprint density at radius 3 is 2.33 bits per heavy atom. The van der Waals surface area contributed by atoms with E-state index in [-0.39, 0.29) is 16.8 Å². The predicted octanol–water partition coefficient (Wildman–Crippen LogP) is 3.98. The maximum absolute atomic E-state index is 11.4. The molecule has 0 fully saturated rings. The van der Waals surface area contributed by atoms with E-state index < -0.39 is 10.9 Å². The standard InChI is InChI=1S/C15H10BrNO4/c16-11-7-5-10(6-8-11)9-13(15(18)19)12-3-1-2-4-14(12)17(20)21/h1-9H,(H,18,19). The van der Waals surface area contributed by atoms with Gasteiger partial charge in [-0.15, -0.1) is 0 Å².